The summed E-state index contributed by atoms with van der Waals surface area (Å²) in [6, 6.07) is 11.6. The molecule has 7 nitrogen and oxygen atoms in total. The predicted octanol–water partition coefficient (Wildman–Crippen LogP) is 2.99. The summed E-state index contributed by atoms with van der Waals surface area (Å²) in [7, 11) is 0. The molecular formula is C20H14N2O5S2. The van der Waals surface area contributed by atoms with Gasteiger partial charge in [0.1, 0.15) is 5.75 Å². The topological polar surface area (TPSA) is 95.9 Å². The lowest BCUT2D eigenvalue weighted by Gasteiger charge is -2.36. The number of thioether (sulfide) groups is 2. The molecule has 9 heteroatoms. The average Bonchev–Trinajstić information content (AvgIpc) is 2.88. The fraction of sp³-hybridized carbons (Fsp3) is 0.150. The van der Waals surface area contributed by atoms with E-state index in [-0.39, 0.29) is 17.4 Å². The van der Waals surface area contributed by atoms with Gasteiger partial charge in [0.25, 0.3) is 5.91 Å². The predicted molar refractivity (Wildman–Crippen MR) is 109 cm³/mol. The van der Waals surface area contributed by atoms with Crippen molar-refractivity contribution >= 4 is 47.0 Å². The zero-order valence-corrected chi connectivity index (χ0v) is 16.5. The van der Waals surface area contributed by atoms with E-state index in [9.17, 15) is 19.5 Å². The first-order chi connectivity index (χ1) is 14.0. The number of benzene rings is 2. The smallest absolute Gasteiger partial charge is 0.335 e. The van der Waals surface area contributed by atoms with E-state index in [0.29, 0.717) is 22.2 Å². The van der Waals surface area contributed by atoms with Gasteiger partial charge in [0.05, 0.1) is 28.1 Å². The van der Waals surface area contributed by atoms with Crippen LogP contribution >= 0.6 is 23.5 Å². The van der Waals surface area contributed by atoms with Crippen LogP contribution in [0.4, 0.5) is 5.69 Å². The summed E-state index contributed by atoms with van der Waals surface area (Å²) in [5, 5.41) is 12.7. The highest BCUT2D eigenvalue weighted by Gasteiger charge is 2.42. The Morgan fingerprint density at radius 1 is 1.24 bits per heavy atom. The molecule has 4 bridgehead atoms. The number of fused-ring (bicyclic) bond motifs is 2. The fourth-order valence-corrected chi connectivity index (χ4v) is 5.18. The molecule has 0 aliphatic carbocycles. The minimum Gasteiger partial charge on any atom is -0.478 e. The number of aromatic carboxylic acids is 1. The molecule has 29 heavy (non-hydrogen) atoms. The summed E-state index contributed by atoms with van der Waals surface area (Å²) < 4.78 is 5.81. The molecule has 5 aliphatic rings. The van der Waals surface area contributed by atoms with Gasteiger partial charge in [-0.2, -0.15) is 0 Å². The van der Waals surface area contributed by atoms with Crippen LogP contribution in [0, 0.1) is 0 Å². The third-order valence-corrected chi connectivity index (χ3v) is 6.81. The van der Waals surface area contributed by atoms with Gasteiger partial charge in [-0.3, -0.25) is 14.5 Å². The highest BCUT2D eigenvalue weighted by molar-refractivity contribution is 8.04. The van der Waals surface area contributed by atoms with Crippen LogP contribution in [0.15, 0.2) is 58.5 Å². The second-order valence-electron chi connectivity index (χ2n) is 6.65. The van der Waals surface area contributed by atoms with Crippen molar-refractivity contribution < 1.29 is 24.2 Å². The van der Waals surface area contributed by atoms with Crippen LogP contribution in [0.1, 0.15) is 22.0 Å². The zero-order valence-electron chi connectivity index (χ0n) is 14.8. The summed E-state index contributed by atoms with van der Waals surface area (Å²) in [6.45, 7) is 0. The Bertz CT molecular complexity index is 1080. The van der Waals surface area contributed by atoms with E-state index >= 15 is 0 Å². The lowest BCUT2D eigenvalue weighted by atomic mass is 10.0. The lowest BCUT2D eigenvalue weighted by Crippen LogP contribution is -2.45. The molecule has 5 aliphatic heterocycles. The highest BCUT2D eigenvalue weighted by atomic mass is 32.2. The minimum absolute atomic E-state index is 0.0880. The number of carbonyl (C=O) groups is 3. The number of hydrogen-bond donors (Lipinski definition) is 2. The Labute approximate surface area is 174 Å². The summed E-state index contributed by atoms with van der Waals surface area (Å²) in [6.07, 6.45) is 1.83. The molecule has 2 atom stereocenters. The number of nitrogens with one attached hydrogen (secondary N) is 1. The Hall–Kier alpha value is -2.91. The molecule has 0 saturated carbocycles. The van der Waals surface area contributed by atoms with Crippen LogP contribution in [0.5, 0.6) is 5.75 Å². The molecule has 1 fully saturated rings. The number of amides is 2. The maximum Gasteiger partial charge on any atom is 0.335 e. The Morgan fingerprint density at radius 3 is 2.72 bits per heavy atom. The van der Waals surface area contributed by atoms with Crippen molar-refractivity contribution in [2.45, 2.75) is 16.4 Å². The molecular weight excluding hydrogens is 412 g/mol. The van der Waals surface area contributed by atoms with Crippen molar-refractivity contribution in [2.24, 2.45) is 0 Å². The largest absolute Gasteiger partial charge is 0.478 e. The highest BCUT2D eigenvalue weighted by Crippen LogP contribution is 2.48. The SMILES string of the molecule is O=C1CSC(=CC(c2ccc(C(=O)O)cc2)N2C(=O)C3Oc4ccc(cc42)S3)N1. The summed E-state index contributed by atoms with van der Waals surface area (Å²) in [5.74, 6) is -0.349. The number of carboxylic acids is 1. The molecule has 2 N–H and O–H groups in total. The molecule has 0 radical (unpaired) electrons. The van der Waals surface area contributed by atoms with Gasteiger partial charge in [0.15, 0.2) is 0 Å². The summed E-state index contributed by atoms with van der Waals surface area (Å²) in [4.78, 5) is 38.7. The van der Waals surface area contributed by atoms with E-state index in [2.05, 4.69) is 5.32 Å². The van der Waals surface area contributed by atoms with Crippen molar-refractivity contribution in [1.82, 2.24) is 5.32 Å². The molecule has 1 saturated heterocycles. The Morgan fingerprint density at radius 2 is 2.03 bits per heavy atom. The van der Waals surface area contributed by atoms with Gasteiger partial charge >= 0.3 is 5.97 Å². The van der Waals surface area contributed by atoms with Crippen molar-refractivity contribution in [3.05, 3.63) is 64.7 Å². The van der Waals surface area contributed by atoms with Crippen LogP contribution in [-0.4, -0.2) is 34.1 Å². The third kappa shape index (κ3) is 3.16. The van der Waals surface area contributed by atoms with E-state index in [0.717, 1.165) is 10.5 Å². The fourth-order valence-electron chi connectivity index (χ4n) is 3.47. The normalized spacial score (nSPS) is 21.9. The number of ether oxygens (including phenoxy) is 1. The molecule has 7 rings (SSSR count). The second kappa shape index (κ2) is 6.85. The van der Waals surface area contributed by atoms with E-state index in [1.54, 1.807) is 17.0 Å². The maximum atomic E-state index is 13.2. The van der Waals surface area contributed by atoms with Crippen LogP contribution in [-0.2, 0) is 9.59 Å². The summed E-state index contributed by atoms with van der Waals surface area (Å²) >= 11 is 2.73. The van der Waals surface area contributed by atoms with Crippen molar-refractivity contribution in [3.8, 4) is 5.75 Å². The number of rotatable bonds is 4. The van der Waals surface area contributed by atoms with E-state index < -0.39 is 17.4 Å². The first-order valence-electron chi connectivity index (χ1n) is 8.78. The third-order valence-electron chi connectivity index (χ3n) is 4.81. The first-order valence-corrected chi connectivity index (χ1v) is 10.6. The Kier molecular flexibility index (Phi) is 4.29. The van der Waals surface area contributed by atoms with Crippen molar-refractivity contribution in [1.29, 1.82) is 0 Å². The molecule has 0 aromatic heterocycles. The summed E-state index contributed by atoms with van der Waals surface area (Å²) in [5.41, 5.74) is 0.883. The van der Waals surface area contributed by atoms with Crippen LogP contribution in [0.2, 0.25) is 0 Å². The molecule has 2 amide bonds. The first kappa shape index (κ1) is 18.1. The molecule has 2 unspecified atom stereocenters. The average molecular weight is 426 g/mol. The van der Waals surface area contributed by atoms with Crippen molar-refractivity contribution in [3.63, 3.8) is 0 Å². The standard InChI is InChI=1S/C20H14N2O5S2/c23-16-9-28-17(21-16)8-13(10-1-3-11(4-2-10)19(25)26)22-14-7-12-5-6-15(14)27-20(29-12)18(22)24/h1-8,13,20H,9H2,(H,21,23)(H,25,26). The minimum atomic E-state index is -1.02. The van der Waals surface area contributed by atoms with Crippen LogP contribution < -0.4 is 15.0 Å². The lowest BCUT2D eigenvalue weighted by molar-refractivity contribution is -0.123. The van der Waals surface area contributed by atoms with Gasteiger partial charge in [-0.05, 0) is 42.0 Å². The van der Waals surface area contributed by atoms with Gasteiger partial charge in [0.2, 0.25) is 11.3 Å². The molecule has 2 aromatic carbocycles. The Balaban J connectivity index is 1.62. The van der Waals surface area contributed by atoms with E-state index in [1.165, 1.54) is 35.7 Å². The zero-order chi connectivity index (χ0) is 20.1. The monoisotopic (exact) mass is 426 g/mol. The molecule has 0 spiro atoms. The second-order valence-corrected chi connectivity index (χ2v) is 8.80. The van der Waals surface area contributed by atoms with E-state index in [4.69, 9.17) is 4.74 Å². The van der Waals surface area contributed by atoms with Gasteiger partial charge < -0.3 is 15.2 Å². The number of anilines is 1. The van der Waals surface area contributed by atoms with Crippen LogP contribution in [0.25, 0.3) is 0 Å². The maximum absolute atomic E-state index is 13.2. The molecule has 2 aromatic rings. The van der Waals surface area contributed by atoms with Gasteiger partial charge in [-0.1, -0.05) is 35.7 Å². The number of hydrogen-bond acceptors (Lipinski definition) is 6. The van der Waals surface area contributed by atoms with Crippen molar-refractivity contribution in [2.75, 3.05) is 10.7 Å². The quantitative estimate of drug-likeness (QED) is 0.776. The number of nitrogens with zero attached hydrogens (tertiary/aromatic N) is 1. The van der Waals surface area contributed by atoms with Crippen LogP contribution in [0.3, 0.4) is 0 Å². The molecule has 5 heterocycles. The van der Waals surface area contributed by atoms with E-state index in [1.807, 2.05) is 24.3 Å². The number of carbonyl (C=O) groups excluding carboxylic acids is 2. The van der Waals surface area contributed by atoms with Gasteiger partial charge in [0, 0.05) is 4.90 Å². The number of carboxylic acid groups (broad SMARTS) is 1. The van der Waals surface area contributed by atoms with Gasteiger partial charge in [-0.25, -0.2) is 4.79 Å². The molecule has 146 valence electrons. The van der Waals surface area contributed by atoms with Gasteiger partial charge in [-0.15, -0.1) is 0 Å².